The van der Waals surface area contributed by atoms with Crippen LogP contribution < -0.4 is 10.9 Å². The Bertz CT molecular complexity index is 773. The Labute approximate surface area is 139 Å². The maximum absolute atomic E-state index is 12.5. The highest BCUT2D eigenvalue weighted by Crippen LogP contribution is 2.25. The Balaban J connectivity index is 1.72. The Kier molecular flexibility index (Phi) is 4.52. The number of thioether (sulfide) groups is 1. The second-order valence-corrected chi connectivity index (χ2v) is 6.78. The zero-order valence-corrected chi connectivity index (χ0v) is 14.0. The maximum Gasteiger partial charge on any atom is 0.257 e. The summed E-state index contributed by atoms with van der Waals surface area (Å²) in [6, 6.07) is 9.80. The molecular formula is C17H19N3O2S. The lowest BCUT2D eigenvalue weighted by Gasteiger charge is -2.25. The number of nitrogens with zero attached hydrogens (tertiary/aromatic N) is 2. The van der Waals surface area contributed by atoms with Crippen molar-refractivity contribution in [3.05, 3.63) is 58.0 Å². The van der Waals surface area contributed by atoms with E-state index < -0.39 is 0 Å². The van der Waals surface area contributed by atoms with E-state index in [1.54, 1.807) is 17.7 Å². The lowest BCUT2D eigenvalue weighted by atomic mass is 10.1. The molecular weight excluding hydrogens is 310 g/mol. The standard InChI is InChI=1S/C17H19N3O2S/c1-11-8-18-17-20(16(11)22)9-14(10-23-17)15(21)19-12(2)13-6-4-3-5-7-13/h3-8,12,14H,9-10H2,1-2H3,(H,19,21)/t12-,14-/m0/s1. The summed E-state index contributed by atoms with van der Waals surface area (Å²) in [5.74, 6) is 0.399. The first-order valence-corrected chi connectivity index (χ1v) is 8.59. The minimum Gasteiger partial charge on any atom is -0.349 e. The summed E-state index contributed by atoms with van der Waals surface area (Å²) in [6.45, 7) is 4.10. The molecule has 0 saturated heterocycles. The lowest BCUT2D eigenvalue weighted by molar-refractivity contribution is -0.125. The van der Waals surface area contributed by atoms with Crippen LogP contribution in [0.15, 0.2) is 46.5 Å². The zero-order valence-electron chi connectivity index (χ0n) is 13.2. The number of hydrogen-bond acceptors (Lipinski definition) is 4. The summed E-state index contributed by atoms with van der Waals surface area (Å²) >= 11 is 1.46. The predicted octanol–water partition coefficient (Wildman–Crippen LogP) is 2.15. The van der Waals surface area contributed by atoms with Crippen molar-refractivity contribution in [3.63, 3.8) is 0 Å². The van der Waals surface area contributed by atoms with Gasteiger partial charge in [-0.05, 0) is 19.4 Å². The Morgan fingerprint density at radius 1 is 1.39 bits per heavy atom. The van der Waals surface area contributed by atoms with Gasteiger partial charge in [-0.1, -0.05) is 42.1 Å². The molecule has 1 aromatic carbocycles. The average molecular weight is 329 g/mol. The van der Waals surface area contributed by atoms with Gasteiger partial charge in [-0.3, -0.25) is 14.2 Å². The van der Waals surface area contributed by atoms with Crippen LogP contribution in [0.4, 0.5) is 0 Å². The fraction of sp³-hybridized carbons (Fsp3) is 0.353. The molecule has 23 heavy (non-hydrogen) atoms. The molecule has 0 aliphatic carbocycles. The topological polar surface area (TPSA) is 64.0 Å². The van der Waals surface area contributed by atoms with Crippen LogP contribution >= 0.6 is 11.8 Å². The number of nitrogens with one attached hydrogen (secondary N) is 1. The second kappa shape index (κ2) is 6.58. The van der Waals surface area contributed by atoms with E-state index in [9.17, 15) is 9.59 Å². The number of aryl methyl sites for hydroxylation is 1. The molecule has 1 amide bonds. The number of amides is 1. The third-order valence-corrected chi connectivity index (χ3v) is 5.18. The van der Waals surface area contributed by atoms with Gasteiger partial charge in [0, 0.05) is 24.1 Å². The van der Waals surface area contributed by atoms with E-state index in [4.69, 9.17) is 0 Å². The van der Waals surface area contributed by atoms with Gasteiger partial charge >= 0.3 is 0 Å². The van der Waals surface area contributed by atoms with Gasteiger partial charge in [0.15, 0.2) is 5.16 Å². The van der Waals surface area contributed by atoms with Crippen molar-refractivity contribution >= 4 is 17.7 Å². The van der Waals surface area contributed by atoms with Crippen molar-refractivity contribution in [1.29, 1.82) is 0 Å². The third kappa shape index (κ3) is 3.32. The van der Waals surface area contributed by atoms with E-state index in [0.29, 0.717) is 23.0 Å². The molecule has 1 N–H and O–H groups in total. The van der Waals surface area contributed by atoms with Gasteiger partial charge < -0.3 is 5.32 Å². The number of rotatable bonds is 3. The van der Waals surface area contributed by atoms with Crippen molar-refractivity contribution in [2.24, 2.45) is 5.92 Å². The maximum atomic E-state index is 12.5. The quantitative estimate of drug-likeness (QED) is 0.877. The van der Waals surface area contributed by atoms with Crippen LogP contribution in [0.5, 0.6) is 0 Å². The number of fused-ring (bicyclic) bond motifs is 1. The summed E-state index contributed by atoms with van der Waals surface area (Å²) in [5.41, 5.74) is 1.61. The molecule has 0 unspecified atom stereocenters. The van der Waals surface area contributed by atoms with Crippen LogP contribution in [0, 0.1) is 12.8 Å². The number of carbonyl (C=O) groups excluding carboxylic acids is 1. The Morgan fingerprint density at radius 3 is 2.87 bits per heavy atom. The number of carbonyl (C=O) groups is 1. The monoisotopic (exact) mass is 329 g/mol. The summed E-state index contributed by atoms with van der Waals surface area (Å²) in [6.07, 6.45) is 1.60. The lowest BCUT2D eigenvalue weighted by Crippen LogP contribution is -2.41. The molecule has 2 heterocycles. The third-order valence-electron chi connectivity index (χ3n) is 4.03. The van der Waals surface area contributed by atoms with Crippen LogP contribution in [-0.2, 0) is 11.3 Å². The highest BCUT2D eigenvalue weighted by atomic mass is 32.2. The largest absolute Gasteiger partial charge is 0.349 e. The Morgan fingerprint density at radius 2 is 2.13 bits per heavy atom. The molecule has 0 fully saturated rings. The van der Waals surface area contributed by atoms with Crippen molar-refractivity contribution in [3.8, 4) is 0 Å². The van der Waals surface area contributed by atoms with Crippen molar-refractivity contribution < 1.29 is 4.79 Å². The molecule has 0 bridgehead atoms. The van der Waals surface area contributed by atoms with Crippen molar-refractivity contribution in [1.82, 2.24) is 14.9 Å². The number of hydrogen-bond donors (Lipinski definition) is 1. The predicted molar refractivity (Wildman–Crippen MR) is 90.4 cm³/mol. The van der Waals surface area contributed by atoms with E-state index >= 15 is 0 Å². The first kappa shape index (κ1) is 15.8. The average Bonchev–Trinajstić information content (AvgIpc) is 2.58. The van der Waals surface area contributed by atoms with E-state index in [0.717, 1.165) is 5.56 Å². The van der Waals surface area contributed by atoms with E-state index in [1.807, 2.05) is 37.3 Å². The molecule has 120 valence electrons. The summed E-state index contributed by atoms with van der Waals surface area (Å²) in [5, 5.41) is 3.74. The Hall–Kier alpha value is -2.08. The van der Waals surface area contributed by atoms with Crippen LogP contribution in [0.3, 0.4) is 0 Å². The van der Waals surface area contributed by atoms with E-state index in [-0.39, 0.29) is 23.4 Å². The molecule has 0 spiro atoms. The highest BCUT2D eigenvalue weighted by Gasteiger charge is 2.27. The molecule has 1 aliphatic rings. The minimum absolute atomic E-state index is 0.0205. The van der Waals surface area contributed by atoms with Gasteiger partial charge in [0.25, 0.3) is 5.56 Å². The fourth-order valence-electron chi connectivity index (χ4n) is 2.62. The van der Waals surface area contributed by atoms with Gasteiger partial charge in [-0.25, -0.2) is 4.98 Å². The van der Waals surface area contributed by atoms with Crippen molar-refractivity contribution in [2.75, 3.05) is 5.75 Å². The van der Waals surface area contributed by atoms with Crippen molar-refractivity contribution in [2.45, 2.75) is 31.6 Å². The molecule has 5 nitrogen and oxygen atoms in total. The van der Waals surface area contributed by atoms with Gasteiger partial charge in [0.2, 0.25) is 5.91 Å². The molecule has 6 heteroatoms. The van der Waals surface area contributed by atoms with Crippen LogP contribution in [-0.4, -0.2) is 21.2 Å². The zero-order chi connectivity index (χ0) is 16.4. The SMILES string of the molecule is Cc1cnc2n(c1=O)C[C@H](C(=O)N[C@@H](C)c1ccccc1)CS2. The number of aromatic nitrogens is 2. The molecule has 0 radical (unpaired) electrons. The normalized spacial score (nSPS) is 18.1. The molecule has 0 saturated carbocycles. The molecule has 2 aromatic rings. The van der Waals surface area contributed by atoms with E-state index in [2.05, 4.69) is 10.3 Å². The number of benzene rings is 1. The van der Waals surface area contributed by atoms with Crippen LogP contribution in [0.2, 0.25) is 0 Å². The first-order valence-electron chi connectivity index (χ1n) is 7.61. The van der Waals surface area contributed by atoms with Gasteiger partial charge in [0.05, 0.1) is 12.0 Å². The first-order chi connectivity index (χ1) is 11.1. The van der Waals surface area contributed by atoms with Gasteiger partial charge in [0.1, 0.15) is 0 Å². The summed E-state index contributed by atoms with van der Waals surface area (Å²) in [4.78, 5) is 29.0. The summed E-state index contributed by atoms with van der Waals surface area (Å²) < 4.78 is 1.61. The van der Waals surface area contributed by atoms with Gasteiger partial charge in [-0.15, -0.1) is 0 Å². The van der Waals surface area contributed by atoms with Crippen LogP contribution in [0.1, 0.15) is 24.1 Å². The molecule has 3 rings (SSSR count). The molecule has 1 aromatic heterocycles. The van der Waals surface area contributed by atoms with Gasteiger partial charge in [-0.2, -0.15) is 0 Å². The second-order valence-electron chi connectivity index (χ2n) is 5.79. The molecule has 2 atom stereocenters. The van der Waals surface area contributed by atoms with E-state index in [1.165, 1.54) is 11.8 Å². The summed E-state index contributed by atoms with van der Waals surface area (Å²) in [7, 11) is 0. The molecule has 1 aliphatic heterocycles. The van der Waals surface area contributed by atoms with Crippen LogP contribution in [0.25, 0.3) is 0 Å². The highest BCUT2D eigenvalue weighted by molar-refractivity contribution is 7.99. The smallest absolute Gasteiger partial charge is 0.257 e. The minimum atomic E-state index is -0.222. The fourth-order valence-corrected chi connectivity index (χ4v) is 3.66.